The van der Waals surface area contributed by atoms with Crippen LogP contribution in [0.5, 0.6) is 0 Å². The summed E-state index contributed by atoms with van der Waals surface area (Å²) in [5.41, 5.74) is -0.644. The number of hydrogen-bond donors (Lipinski definition) is 0. The molecule has 0 fully saturated rings. The molecule has 0 amide bonds. The molecule has 0 aromatic rings. The van der Waals surface area contributed by atoms with Gasteiger partial charge in [0, 0.05) is 11.4 Å². The lowest BCUT2D eigenvalue weighted by Crippen LogP contribution is -2.37. The van der Waals surface area contributed by atoms with Crippen LogP contribution in [-0.4, -0.2) is 5.97 Å². The van der Waals surface area contributed by atoms with E-state index < -0.39 is 11.4 Å². The van der Waals surface area contributed by atoms with E-state index in [1.165, 1.54) is 0 Å². The molecule has 0 atom stereocenters. The van der Waals surface area contributed by atoms with Crippen molar-refractivity contribution in [3.8, 4) is 0 Å². The number of carboxylic acids is 1. The molecule has 54 valence electrons. The highest BCUT2D eigenvalue weighted by Gasteiger charge is 2.16. The van der Waals surface area contributed by atoms with Gasteiger partial charge < -0.3 is 9.90 Å². The van der Waals surface area contributed by atoms with E-state index in [0.29, 0.717) is 6.42 Å². The molecule has 0 aliphatic rings. The minimum Gasteiger partial charge on any atom is -0.550 e. The molecule has 2 nitrogen and oxygen atoms in total. The molecular formula is C7H13O2-. The molecule has 0 aliphatic heterocycles. The Hall–Kier alpha value is -0.530. The van der Waals surface area contributed by atoms with E-state index in [4.69, 9.17) is 0 Å². The first-order valence-corrected chi connectivity index (χ1v) is 3.22. The number of hydrogen-bond acceptors (Lipinski definition) is 2. The van der Waals surface area contributed by atoms with Crippen LogP contribution in [0.4, 0.5) is 0 Å². The van der Waals surface area contributed by atoms with Gasteiger partial charge in [0.15, 0.2) is 0 Å². The van der Waals surface area contributed by atoms with Crippen molar-refractivity contribution in [2.45, 2.75) is 33.6 Å². The largest absolute Gasteiger partial charge is 0.550 e. The molecular weight excluding hydrogens is 116 g/mol. The van der Waals surface area contributed by atoms with Gasteiger partial charge in [0.2, 0.25) is 0 Å². The first-order valence-electron chi connectivity index (χ1n) is 3.22. The molecule has 0 aromatic carbocycles. The Kier molecular flexibility index (Phi) is 2.68. The van der Waals surface area contributed by atoms with Crippen molar-refractivity contribution in [1.82, 2.24) is 0 Å². The normalized spacial score (nSPS) is 11.4. The van der Waals surface area contributed by atoms with E-state index in [0.717, 1.165) is 6.42 Å². The second-order valence-corrected chi connectivity index (χ2v) is 2.92. The van der Waals surface area contributed by atoms with Gasteiger partial charge in [-0.3, -0.25) is 0 Å². The lowest BCUT2D eigenvalue weighted by Gasteiger charge is -2.24. The van der Waals surface area contributed by atoms with Crippen molar-refractivity contribution in [1.29, 1.82) is 0 Å². The molecule has 0 unspecified atom stereocenters. The summed E-state index contributed by atoms with van der Waals surface area (Å²) in [5.74, 6) is -0.954. The molecule has 2 heteroatoms. The molecule has 9 heavy (non-hydrogen) atoms. The van der Waals surface area contributed by atoms with E-state index in [9.17, 15) is 9.90 Å². The van der Waals surface area contributed by atoms with E-state index in [1.54, 1.807) is 13.8 Å². The van der Waals surface area contributed by atoms with E-state index in [1.807, 2.05) is 6.92 Å². The van der Waals surface area contributed by atoms with Crippen molar-refractivity contribution in [2.24, 2.45) is 5.41 Å². The zero-order chi connectivity index (χ0) is 7.49. The lowest BCUT2D eigenvalue weighted by molar-refractivity contribution is -0.317. The highest BCUT2D eigenvalue weighted by atomic mass is 16.4. The highest BCUT2D eigenvalue weighted by molar-refractivity contribution is 5.71. The number of rotatable bonds is 3. The quantitative estimate of drug-likeness (QED) is 0.558. The third-order valence-electron chi connectivity index (χ3n) is 1.43. The standard InChI is InChI=1S/C7H14O2/c1-4-5-7(2,3)6(8)9/h4-5H2,1-3H3,(H,8,9)/p-1. The van der Waals surface area contributed by atoms with Crippen molar-refractivity contribution in [2.75, 3.05) is 0 Å². The molecule has 0 heterocycles. The van der Waals surface area contributed by atoms with Crippen LogP contribution in [-0.2, 0) is 4.79 Å². The van der Waals surface area contributed by atoms with Crippen LogP contribution in [0.1, 0.15) is 33.6 Å². The maximum atomic E-state index is 10.3. The average Bonchev–Trinajstić information content (AvgIpc) is 1.65. The zero-order valence-corrected chi connectivity index (χ0v) is 6.23. The monoisotopic (exact) mass is 129 g/mol. The van der Waals surface area contributed by atoms with Gasteiger partial charge in [-0.1, -0.05) is 27.2 Å². The van der Waals surface area contributed by atoms with Gasteiger partial charge >= 0.3 is 0 Å². The average molecular weight is 129 g/mol. The summed E-state index contributed by atoms with van der Waals surface area (Å²) >= 11 is 0. The summed E-state index contributed by atoms with van der Waals surface area (Å²) in [6.45, 7) is 5.34. The van der Waals surface area contributed by atoms with Crippen LogP contribution in [0, 0.1) is 5.41 Å². The van der Waals surface area contributed by atoms with Gasteiger partial charge in [0.05, 0.1) is 0 Å². The van der Waals surface area contributed by atoms with Gasteiger partial charge in [0.25, 0.3) is 0 Å². The second-order valence-electron chi connectivity index (χ2n) is 2.92. The number of carbonyl (C=O) groups excluding carboxylic acids is 1. The molecule has 0 spiro atoms. The van der Waals surface area contributed by atoms with Gasteiger partial charge in [-0.2, -0.15) is 0 Å². The molecule has 0 saturated carbocycles. The Morgan fingerprint density at radius 3 is 2.11 bits per heavy atom. The molecule has 0 bridgehead atoms. The third kappa shape index (κ3) is 2.49. The van der Waals surface area contributed by atoms with Gasteiger partial charge in [-0.15, -0.1) is 0 Å². The number of aliphatic carboxylic acids is 1. The smallest absolute Gasteiger partial charge is 0.0470 e. The molecule has 0 radical (unpaired) electrons. The highest BCUT2D eigenvalue weighted by Crippen LogP contribution is 2.20. The maximum absolute atomic E-state index is 10.3. The van der Waals surface area contributed by atoms with E-state index in [-0.39, 0.29) is 0 Å². The molecule has 0 rings (SSSR count). The predicted molar refractivity (Wildman–Crippen MR) is 33.7 cm³/mol. The van der Waals surface area contributed by atoms with Crippen LogP contribution >= 0.6 is 0 Å². The zero-order valence-electron chi connectivity index (χ0n) is 6.23. The van der Waals surface area contributed by atoms with E-state index in [2.05, 4.69) is 0 Å². The fourth-order valence-electron chi connectivity index (χ4n) is 0.727. The molecule has 0 aromatic heterocycles. The van der Waals surface area contributed by atoms with Gasteiger partial charge in [-0.25, -0.2) is 0 Å². The van der Waals surface area contributed by atoms with E-state index >= 15 is 0 Å². The predicted octanol–water partition coefficient (Wildman–Crippen LogP) is 0.563. The third-order valence-corrected chi connectivity index (χ3v) is 1.43. The van der Waals surface area contributed by atoms with Crippen molar-refractivity contribution >= 4 is 5.97 Å². The van der Waals surface area contributed by atoms with Crippen LogP contribution in [0.2, 0.25) is 0 Å². The molecule has 0 N–H and O–H groups in total. The summed E-state index contributed by atoms with van der Waals surface area (Å²) in [7, 11) is 0. The minimum absolute atomic E-state index is 0.644. The van der Waals surface area contributed by atoms with Gasteiger partial charge in [-0.05, 0) is 6.42 Å². The summed E-state index contributed by atoms with van der Waals surface area (Å²) in [6, 6.07) is 0. The summed E-state index contributed by atoms with van der Waals surface area (Å²) in [5, 5.41) is 10.3. The first kappa shape index (κ1) is 8.47. The number of carbonyl (C=O) groups is 1. The Morgan fingerprint density at radius 2 is 2.00 bits per heavy atom. The summed E-state index contributed by atoms with van der Waals surface area (Å²) in [6.07, 6.45) is 1.58. The maximum Gasteiger partial charge on any atom is 0.0470 e. The fourth-order valence-corrected chi connectivity index (χ4v) is 0.727. The van der Waals surface area contributed by atoms with Crippen LogP contribution in [0.15, 0.2) is 0 Å². The van der Waals surface area contributed by atoms with Crippen molar-refractivity contribution < 1.29 is 9.90 Å². The summed E-state index contributed by atoms with van der Waals surface area (Å²) in [4.78, 5) is 10.3. The van der Waals surface area contributed by atoms with Crippen molar-refractivity contribution in [3.63, 3.8) is 0 Å². The molecule has 0 saturated heterocycles. The molecule has 0 aliphatic carbocycles. The Labute approximate surface area is 55.9 Å². The second kappa shape index (κ2) is 2.85. The lowest BCUT2D eigenvalue weighted by atomic mass is 9.88. The van der Waals surface area contributed by atoms with Crippen LogP contribution in [0.25, 0.3) is 0 Å². The Balaban J connectivity index is 3.85. The number of carboxylic acid groups (broad SMARTS) is 1. The topological polar surface area (TPSA) is 40.1 Å². The first-order chi connectivity index (χ1) is 4.00. The Bertz CT molecular complexity index is 105. The van der Waals surface area contributed by atoms with Crippen LogP contribution < -0.4 is 5.11 Å². The van der Waals surface area contributed by atoms with Gasteiger partial charge in [0.1, 0.15) is 0 Å². The SMILES string of the molecule is CCCC(C)(C)C(=O)[O-]. The van der Waals surface area contributed by atoms with Crippen molar-refractivity contribution in [3.05, 3.63) is 0 Å². The van der Waals surface area contributed by atoms with Crippen LogP contribution in [0.3, 0.4) is 0 Å². The summed E-state index contributed by atoms with van der Waals surface area (Å²) < 4.78 is 0. The minimum atomic E-state index is -0.954. The fraction of sp³-hybridized carbons (Fsp3) is 0.857. The Morgan fingerprint density at radius 1 is 1.56 bits per heavy atom.